The molecular weight excluding hydrogens is 388 g/mol. The molecule has 0 saturated carbocycles. The van der Waals surface area contributed by atoms with Crippen LogP contribution in [0.1, 0.15) is 11.4 Å². The second kappa shape index (κ2) is 6.73. The molecule has 0 radical (unpaired) electrons. The second-order valence-corrected chi connectivity index (χ2v) is 6.31. The zero-order chi connectivity index (χ0) is 20.8. The lowest BCUT2D eigenvalue weighted by Gasteiger charge is -2.11. The van der Waals surface area contributed by atoms with E-state index in [0.29, 0.717) is 22.5 Å². The smallest absolute Gasteiger partial charge is 0.383 e. The van der Waals surface area contributed by atoms with Gasteiger partial charge in [-0.25, -0.2) is 9.37 Å². The molecule has 0 aliphatic carbocycles. The van der Waals surface area contributed by atoms with Crippen LogP contribution in [0.2, 0.25) is 0 Å². The highest BCUT2D eigenvalue weighted by molar-refractivity contribution is 5.78. The van der Waals surface area contributed by atoms with E-state index in [0.717, 1.165) is 12.1 Å². The Morgan fingerprint density at radius 1 is 0.966 bits per heavy atom. The molecule has 2 heterocycles. The topological polar surface area (TPSA) is 81.7 Å². The highest BCUT2D eigenvalue weighted by Crippen LogP contribution is 2.30. The number of nitrogens with one attached hydrogen (secondary N) is 1. The third-order valence-corrected chi connectivity index (χ3v) is 4.20. The molecule has 0 bridgehead atoms. The Morgan fingerprint density at radius 3 is 2.38 bits per heavy atom. The zero-order valence-corrected chi connectivity index (χ0v) is 15.0. The van der Waals surface area contributed by atoms with E-state index in [1.807, 2.05) is 0 Å². The van der Waals surface area contributed by atoms with E-state index in [2.05, 4.69) is 20.3 Å². The highest BCUT2D eigenvalue weighted by atomic mass is 19.4. The van der Waals surface area contributed by atoms with Crippen LogP contribution in [-0.4, -0.2) is 19.5 Å². The number of halogens is 4. The first-order chi connectivity index (χ1) is 13.7. The molecular formula is C19H14F4N6. The quantitative estimate of drug-likeness (QED) is 0.489. The minimum Gasteiger partial charge on any atom is -0.383 e. The van der Waals surface area contributed by atoms with Crippen molar-refractivity contribution in [2.75, 3.05) is 11.1 Å². The minimum absolute atomic E-state index is 0.127. The molecule has 29 heavy (non-hydrogen) atoms. The minimum atomic E-state index is -4.42. The van der Waals surface area contributed by atoms with Crippen LogP contribution in [0.25, 0.3) is 17.0 Å². The van der Waals surface area contributed by atoms with E-state index >= 15 is 0 Å². The molecule has 2 aromatic heterocycles. The molecule has 10 heteroatoms. The number of nitrogens with zero attached hydrogens (tertiary/aromatic N) is 4. The number of fused-ring (bicyclic) bond motifs is 1. The van der Waals surface area contributed by atoms with Crippen LogP contribution in [0.4, 0.5) is 34.9 Å². The van der Waals surface area contributed by atoms with Gasteiger partial charge in [-0.1, -0.05) is 0 Å². The maximum atomic E-state index is 13.7. The first-order valence-electron chi connectivity index (χ1n) is 8.44. The first kappa shape index (κ1) is 18.7. The number of anilines is 3. The van der Waals surface area contributed by atoms with E-state index in [9.17, 15) is 17.6 Å². The summed E-state index contributed by atoms with van der Waals surface area (Å²) < 4.78 is 53.4. The van der Waals surface area contributed by atoms with Gasteiger partial charge in [0.15, 0.2) is 0 Å². The summed E-state index contributed by atoms with van der Waals surface area (Å²) >= 11 is 0. The van der Waals surface area contributed by atoms with Crippen LogP contribution in [-0.2, 0) is 6.18 Å². The van der Waals surface area contributed by atoms with E-state index in [-0.39, 0.29) is 17.6 Å². The maximum absolute atomic E-state index is 13.7. The Bertz CT molecular complexity index is 1200. The Labute approximate surface area is 162 Å². The lowest BCUT2D eigenvalue weighted by atomic mass is 10.2. The van der Waals surface area contributed by atoms with Crippen LogP contribution in [0, 0.1) is 12.7 Å². The number of imidazole rings is 1. The van der Waals surface area contributed by atoms with Gasteiger partial charge in [0.25, 0.3) is 0 Å². The van der Waals surface area contributed by atoms with Crippen LogP contribution in [0.5, 0.6) is 0 Å². The molecule has 4 rings (SSSR count). The predicted molar refractivity (Wildman–Crippen MR) is 100 cm³/mol. The molecule has 0 saturated heterocycles. The molecule has 4 aromatic rings. The molecule has 0 aliphatic heterocycles. The van der Waals surface area contributed by atoms with Crippen LogP contribution < -0.4 is 11.1 Å². The molecule has 0 atom stereocenters. The van der Waals surface area contributed by atoms with Crippen LogP contribution in [0.3, 0.4) is 0 Å². The van der Waals surface area contributed by atoms with E-state index in [1.165, 1.54) is 30.3 Å². The van der Waals surface area contributed by atoms with Crippen molar-refractivity contribution in [1.82, 2.24) is 19.5 Å². The van der Waals surface area contributed by atoms with Crippen molar-refractivity contribution in [2.45, 2.75) is 13.1 Å². The average Bonchev–Trinajstić information content (AvgIpc) is 2.96. The van der Waals surface area contributed by atoms with E-state index in [1.54, 1.807) is 17.6 Å². The fraction of sp³-hybridized carbons (Fsp3) is 0.105. The van der Waals surface area contributed by atoms with Gasteiger partial charge in [0, 0.05) is 17.8 Å². The zero-order valence-electron chi connectivity index (χ0n) is 15.0. The Morgan fingerprint density at radius 2 is 1.69 bits per heavy atom. The molecule has 2 aromatic carbocycles. The first-order valence-corrected chi connectivity index (χ1v) is 8.44. The molecule has 0 spiro atoms. The SMILES string of the molecule is Cc1nc2ccc(F)cc2n1-c1nc(N)cc(Nc2ccc(C(F)(F)F)cc2)n1. The van der Waals surface area contributed by atoms with Gasteiger partial charge in [-0.2, -0.15) is 23.1 Å². The number of alkyl halides is 3. The molecule has 148 valence electrons. The largest absolute Gasteiger partial charge is 0.416 e. The summed E-state index contributed by atoms with van der Waals surface area (Å²) in [6.07, 6.45) is -4.42. The lowest BCUT2D eigenvalue weighted by Crippen LogP contribution is -2.08. The van der Waals surface area contributed by atoms with Gasteiger partial charge >= 0.3 is 6.18 Å². The van der Waals surface area contributed by atoms with Gasteiger partial charge in [-0.15, -0.1) is 0 Å². The van der Waals surface area contributed by atoms with Crippen LogP contribution >= 0.6 is 0 Å². The fourth-order valence-corrected chi connectivity index (χ4v) is 2.93. The van der Waals surface area contributed by atoms with E-state index < -0.39 is 17.6 Å². The Kier molecular flexibility index (Phi) is 4.33. The molecule has 6 nitrogen and oxygen atoms in total. The number of nitrogens with two attached hydrogens (primary N) is 1. The van der Waals surface area contributed by atoms with Crippen molar-refractivity contribution in [3.05, 3.63) is 65.7 Å². The lowest BCUT2D eigenvalue weighted by molar-refractivity contribution is -0.137. The number of aromatic nitrogens is 4. The number of rotatable bonds is 3. The van der Waals surface area contributed by atoms with Gasteiger partial charge in [0.1, 0.15) is 23.3 Å². The fourth-order valence-electron chi connectivity index (χ4n) is 2.93. The van der Waals surface area contributed by atoms with Gasteiger partial charge in [0.05, 0.1) is 16.6 Å². The molecule has 0 fully saturated rings. The third kappa shape index (κ3) is 3.68. The molecule has 0 amide bonds. The second-order valence-electron chi connectivity index (χ2n) is 6.31. The Balaban J connectivity index is 1.72. The summed E-state index contributed by atoms with van der Waals surface area (Å²) in [6, 6.07) is 10.1. The van der Waals surface area contributed by atoms with Crippen molar-refractivity contribution in [2.24, 2.45) is 0 Å². The number of hydrogen-bond acceptors (Lipinski definition) is 5. The van der Waals surface area contributed by atoms with Crippen molar-refractivity contribution in [3.63, 3.8) is 0 Å². The molecule has 3 N–H and O–H groups in total. The van der Waals surface area contributed by atoms with Gasteiger partial charge in [-0.3, -0.25) is 4.57 Å². The van der Waals surface area contributed by atoms with Crippen molar-refractivity contribution in [3.8, 4) is 5.95 Å². The summed E-state index contributed by atoms with van der Waals surface area (Å²) in [5.41, 5.74) is 6.54. The van der Waals surface area contributed by atoms with Crippen LogP contribution in [0.15, 0.2) is 48.5 Å². The maximum Gasteiger partial charge on any atom is 0.416 e. The normalized spacial score (nSPS) is 11.8. The highest BCUT2D eigenvalue weighted by Gasteiger charge is 2.29. The summed E-state index contributed by atoms with van der Waals surface area (Å²) in [6.45, 7) is 1.72. The third-order valence-electron chi connectivity index (χ3n) is 4.20. The molecule has 0 aliphatic rings. The molecule has 0 unspecified atom stereocenters. The monoisotopic (exact) mass is 402 g/mol. The Hall–Kier alpha value is -3.69. The standard InChI is InChI=1S/C19H14F4N6/c1-10-25-14-7-4-12(20)8-15(14)29(10)18-27-16(24)9-17(28-18)26-13-5-2-11(3-6-13)19(21,22)23/h2-9H,1H3,(H3,24,26,27,28). The van der Waals surface area contributed by atoms with Crippen molar-refractivity contribution >= 4 is 28.4 Å². The van der Waals surface area contributed by atoms with Crippen molar-refractivity contribution in [1.29, 1.82) is 0 Å². The number of aryl methyl sites for hydroxylation is 1. The van der Waals surface area contributed by atoms with Gasteiger partial charge in [0.2, 0.25) is 5.95 Å². The van der Waals surface area contributed by atoms with E-state index in [4.69, 9.17) is 5.73 Å². The summed E-state index contributed by atoms with van der Waals surface area (Å²) in [7, 11) is 0. The van der Waals surface area contributed by atoms with Crippen molar-refractivity contribution < 1.29 is 17.6 Å². The number of hydrogen-bond donors (Lipinski definition) is 2. The summed E-state index contributed by atoms with van der Waals surface area (Å²) in [5.74, 6) is 0.638. The summed E-state index contributed by atoms with van der Waals surface area (Å²) in [5, 5.41) is 2.90. The predicted octanol–water partition coefficient (Wildman–Crippen LogP) is 4.61. The van der Waals surface area contributed by atoms with Gasteiger partial charge in [-0.05, 0) is 43.3 Å². The average molecular weight is 402 g/mol. The van der Waals surface area contributed by atoms with Gasteiger partial charge < -0.3 is 11.1 Å². The number of benzene rings is 2. The number of nitrogen functional groups attached to an aromatic ring is 1. The summed E-state index contributed by atoms with van der Waals surface area (Å²) in [4.78, 5) is 12.9.